The van der Waals surface area contributed by atoms with Crippen molar-refractivity contribution in [1.82, 2.24) is 9.13 Å². The number of fused-ring (bicyclic) bond motifs is 6. The average molecular weight is 818 g/mol. The number of carboxylic acid groups (broad SMARTS) is 2. The molecule has 0 saturated carbocycles. The van der Waals surface area contributed by atoms with Gasteiger partial charge in [0, 0.05) is 51.5 Å². The lowest BCUT2D eigenvalue weighted by Gasteiger charge is -2.26. The van der Waals surface area contributed by atoms with Gasteiger partial charge in [-0.3, -0.25) is 0 Å². The molecule has 12 heteroatoms. The van der Waals surface area contributed by atoms with Gasteiger partial charge in [0.2, 0.25) is 0 Å². The van der Waals surface area contributed by atoms with Crippen LogP contribution >= 0.6 is 23.2 Å². The van der Waals surface area contributed by atoms with E-state index in [0.29, 0.717) is 94.4 Å². The van der Waals surface area contributed by atoms with Crippen LogP contribution in [0, 0.1) is 0 Å². The molecule has 8 rings (SSSR count). The average Bonchev–Trinajstić information content (AvgIpc) is 3.71. The molecule has 58 heavy (non-hydrogen) atoms. The zero-order chi connectivity index (χ0) is 40.2. The number of hydrogen-bond donors (Lipinski definition) is 2. The minimum atomic E-state index is -1.59. The molecule has 10 nitrogen and oxygen atoms in total. The van der Waals surface area contributed by atoms with E-state index >= 15 is 0 Å². The maximum absolute atomic E-state index is 13.7. The zero-order valence-electron chi connectivity index (χ0n) is 31.1. The predicted octanol–water partition coefficient (Wildman–Crippen LogP) is 10.9. The maximum atomic E-state index is 13.7. The van der Waals surface area contributed by atoms with Crippen LogP contribution in [0.15, 0.2) is 133 Å². The summed E-state index contributed by atoms with van der Waals surface area (Å²) in [4.78, 5) is 27.3. The highest BCUT2D eigenvalue weighted by Gasteiger charge is 2.40. The van der Waals surface area contributed by atoms with Crippen LogP contribution in [0.5, 0.6) is 23.0 Å². The van der Waals surface area contributed by atoms with Gasteiger partial charge < -0.3 is 38.3 Å². The van der Waals surface area contributed by atoms with Crippen LogP contribution in [0.3, 0.4) is 0 Å². The van der Waals surface area contributed by atoms with Gasteiger partial charge in [0.05, 0.1) is 53.5 Å². The van der Waals surface area contributed by atoms with Gasteiger partial charge in [-0.1, -0.05) is 77.8 Å². The smallest absolute Gasteiger partial charge is 0.329 e. The Hall–Kier alpha value is -6.36. The van der Waals surface area contributed by atoms with Crippen LogP contribution in [-0.4, -0.2) is 57.7 Å². The van der Waals surface area contributed by atoms with Gasteiger partial charge >= 0.3 is 11.9 Å². The Morgan fingerprint density at radius 2 is 0.931 bits per heavy atom. The number of aliphatic carboxylic acids is 2. The van der Waals surface area contributed by atoms with E-state index in [0.717, 1.165) is 21.5 Å². The van der Waals surface area contributed by atoms with Gasteiger partial charge in [0.1, 0.15) is 23.0 Å². The first kappa shape index (κ1) is 38.5. The Balaban J connectivity index is 1.13. The van der Waals surface area contributed by atoms with Crippen LogP contribution in [0.2, 0.25) is 10.0 Å². The lowest BCUT2D eigenvalue weighted by Crippen LogP contribution is -2.34. The first-order valence-electron chi connectivity index (χ1n) is 18.8. The van der Waals surface area contributed by atoms with E-state index in [1.165, 1.54) is 0 Å². The summed E-state index contributed by atoms with van der Waals surface area (Å²) in [7, 11) is 0. The number of nitrogens with zero attached hydrogens (tertiary/aromatic N) is 2. The van der Waals surface area contributed by atoms with Crippen molar-refractivity contribution in [3.8, 4) is 23.0 Å². The molecule has 0 fully saturated rings. The third kappa shape index (κ3) is 7.81. The molecule has 0 amide bonds. The number of hydrogen-bond acceptors (Lipinski definition) is 6. The quantitative estimate of drug-likeness (QED) is 0.0871. The fourth-order valence-electron chi connectivity index (χ4n) is 7.50. The number of para-hydroxylation sites is 3. The molecule has 2 N–H and O–H groups in total. The van der Waals surface area contributed by atoms with E-state index in [2.05, 4.69) is 0 Å². The standard InChI is InChI=1S/C46H38Cl2N2O8/c47-29-10-7-11-30(26-29)55-22-8-23-56-31-18-20-35-33-12-1-4-15-38(33)49(40(35)27-31)43(45(51)52)44(46(53)54)50-39-16-5-2-13-34(39)36-21-19-32(28-41(36)50)57-24-9-25-58-42-17-6-3-14-37(42)48/h1-7,10-21,26-28,43-44H,8-9,22-25H2,(H,51,52)(H,53,54). The number of halogens is 2. The van der Waals surface area contributed by atoms with E-state index in [-0.39, 0.29) is 0 Å². The normalized spacial score (nSPS) is 12.5. The van der Waals surface area contributed by atoms with E-state index < -0.39 is 24.0 Å². The molecule has 0 aliphatic carbocycles. The molecule has 0 spiro atoms. The largest absolute Gasteiger partial charge is 0.493 e. The summed E-state index contributed by atoms with van der Waals surface area (Å²) in [5.41, 5.74) is 2.20. The number of rotatable bonds is 17. The Bertz CT molecular complexity index is 2780. The molecule has 0 bridgehead atoms. The first-order chi connectivity index (χ1) is 28.3. The number of carbonyl (C=O) groups is 2. The van der Waals surface area contributed by atoms with Crippen LogP contribution in [-0.2, 0) is 9.59 Å². The van der Waals surface area contributed by atoms with E-state index in [4.69, 9.17) is 42.1 Å². The van der Waals surface area contributed by atoms with E-state index in [1.54, 1.807) is 45.5 Å². The topological polar surface area (TPSA) is 121 Å². The molecule has 0 aliphatic heterocycles. The third-order valence-corrected chi connectivity index (χ3v) is 10.5. The van der Waals surface area contributed by atoms with Crippen molar-refractivity contribution in [2.75, 3.05) is 26.4 Å². The molecule has 6 aromatic carbocycles. The number of benzene rings is 6. The van der Waals surface area contributed by atoms with Crippen molar-refractivity contribution in [2.45, 2.75) is 24.9 Å². The van der Waals surface area contributed by atoms with Crippen molar-refractivity contribution in [2.24, 2.45) is 0 Å². The molecule has 0 radical (unpaired) electrons. The molecule has 8 aromatic rings. The van der Waals surface area contributed by atoms with Gasteiger partial charge in [-0.15, -0.1) is 0 Å². The maximum Gasteiger partial charge on any atom is 0.329 e. The highest BCUT2D eigenvalue weighted by molar-refractivity contribution is 6.32. The third-order valence-electron chi connectivity index (χ3n) is 10.0. The van der Waals surface area contributed by atoms with Crippen molar-refractivity contribution in [3.05, 3.63) is 144 Å². The second-order valence-corrected chi connectivity index (χ2v) is 14.5. The first-order valence-corrected chi connectivity index (χ1v) is 19.6. The molecule has 2 unspecified atom stereocenters. The minimum absolute atomic E-state index is 0.316. The molecule has 0 saturated heterocycles. The van der Waals surface area contributed by atoms with Crippen molar-refractivity contribution in [1.29, 1.82) is 0 Å². The number of carboxylic acids is 2. The molecule has 294 valence electrons. The SMILES string of the molecule is O=C(O)C(C(C(=O)O)n1c2ccccc2c2ccc(OCCCOc3ccccc3Cl)cc21)n1c2ccccc2c2ccc(OCCCOc3cccc(Cl)c3)cc21. The minimum Gasteiger partial charge on any atom is -0.493 e. The highest BCUT2D eigenvalue weighted by atomic mass is 35.5. The summed E-state index contributed by atoms with van der Waals surface area (Å²) >= 11 is 12.3. The Morgan fingerprint density at radius 1 is 0.483 bits per heavy atom. The predicted molar refractivity (Wildman–Crippen MR) is 226 cm³/mol. The fraction of sp³-hybridized carbons (Fsp3) is 0.174. The molecule has 2 atom stereocenters. The van der Waals surface area contributed by atoms with Gasteiger partial charge in [0.25, 0.3) is 0 Å². The van der Waals surface area contributed by atoms with Crippen molar-refractivity contribution in [3.63, 3.8) is 0 Å². The molecule has 2 heterocycles. The second kappa shape index (κ2) is 17.0. The molecular formula is C46H38Cl2N2O8. The van der Waals surface area contributed by atoms with Gasteiger partial charge in [-0.2, -0.15) is 0 Å². The highest BCUT2D eigenvalue weighted by Crippen LogP contribution is 2.42. The summed E-state index contributed by atoms with van der Waals surface area (Å²) < 4.78 is 27.1. The Morgan fingerprint density at radius 3 is 1.43 bits per heavy atom. The van der Waals surface area contributed by atoms with Crippen LogP contribution in [0.1, 0.15) is 24.9 Å². The second-order valence-electron chi connectivity index (χ2n) is 13.7. The summed E-state index contributed by atoms with van der Waals surface area (Å²) in [6, 6.07) is 37.0. The van der Waals surface area contributed by atoms with E-state index in [1.807, 2.05) is 97.1 Å². The lowest BCUT2D eigenvalue weighted by atomic mass is 10.1. The summed E-state index contributed by atoms with van der Waals surface area (Å²) in [5.74, 6) is -0.361. The van der Waals surface area contributed by atoms with Crippen LogP contribution in [0.25, 0.3) is 43.6 Å². The lowest BCUT2D eigenvalue weighted by molar-refractivity contribution is -0.151. The number of aromatic nitrogens is 2. The fourth-order valence-corrected chi connectivity index (χ4v) is 7.87. The molecular weight excluding hydrogens is 779 g/mol. The van der Waals surface area contributed by atoms with Gasteiger partial charge in [-0.25, -0.2) is 9.59 Å². The zero-order valence-corrected chi connectivity index (χ0v) is 32.6. The van der Waals surface area contributed by atoms with Crippen molar-refractivity contribution >= 4 is 78.8 Å². The van der Waals surface area contributed by atoms with Gasteiger partial charge in [0.15, 0.2) is 12.1 Å². The Labute approximate surface area is 343 Å². The van der Waals surface area contributed by atoms with Crippen LogP contribution in [0.4, 0.5) is 0 Å². The van der Waals surface area contributed by atoms with E-state index in [9.17, 15) is 19.8 Å². The molecule has 0 aliphatic rings. The summed E-state index contributed by atoms with van der Waals surface area (Å²) in [5, 5.41) is 26.5. The monoisotopic (exact) mass is 816 g/mol. The van der Waals surface area contributed by atoms with Gasteiger partial charge in [-0.05, 0) is 66.7 Å². The van der Waals surface area contributed by atoms with Crippen LogP contribution < -0.4 is 18.9 Å². The molecule has 2 aromatic heterocycles. The van der Waals surface area contributed by atoms with Crippen molar-refractivity contribution < 1.29 is 38.7 Å². The Kier molecular flexibility index (Phi) is 11.3. The summed E-state index contributed by atoms with van der Waals surface area (Å²) in [6.07, 6.45) is 1.13. The number of ether oxygens (including phenoxy) is 4. The summed E-state index contributed by atoms with van der Waals surface area (Å²) in [6.45, 7) is 1.41.